The third-order valence-electron chi connectivity index (χ3n) is 10.7. The van der Waals surface area contributed by atoms with Gasteiger partial charge >= 0.3 is 5.97 Å². The van der Waals surface area contributed by atoms with Crippen molar-refractivity contribution in [2.75, 3.05) is 6.61 Å². The van der Waals surface area contributed by atoms with Crippen molar-refractivity contribution in [3.63, 3.8) is 0 Å². The molecule has 3 atom stereocenters. The summed E-state index contributed by atoms with van der Waals surface area (Å²) in [6, 6.07) is -0.689. The Morgan fingerprint density at radius 2 is 0.824 bits per heavy atom. The Balaban J connectivity index is 4.54. The molecule has 304 valence electrons. The van der Waals surface area contributed by atoms with Gasteiger partial charge in [0.1, 0.15) is 6.10 Å². The third-order valence-corrected chi connectivity index (χ3v) is 10.7. The molecule has 3 unspecified atom stereocenters. The lowest BCUT2D eigenvalue weighted by Gasteiger charge is -2.24. The van der Waals surface area contributed by atoms with Gasteiger partial charge in [0.15, 0.2) is 0 Å². The number of carbonyl (C=O) groups excluding carboxylic acids is 2. The van der Waals surface area contributed by atoms with E-state index in [-0.39, 0.29) is 24.9 Å². The van der Waals surface area contributed by atoms with Gasteiger partial charge in [0.2, 0.25) is 5.91 Å². The Kier molecular flexibility index (Phi) is 39.2. The van der Waals surface area contributed by atoms with E-state index in [9.17, 15) is 19.8 Å². The zero-order valence-electron chi connectivity index (χ0n) is 34.5. The second-order valence-electron chi connectivity index (χ2n) is 15.8. The first-order valence-corrected chi connectivity index (χ1v) is 22.8. The maximum Gasteiger partial charge on any atom is 0.306 e. The van der Waals surface area contributed by atoms with Crippen LogP contribution in [0.1, 0.15) is 252 Å². The molecule has 0 fully saturated rings. The largest absolute Gasteiger partial charge is 0.462 e. The van der Waals surface area contributed by atoms with E-state index in [1.165, 1.54) is 161 Å². The Bertz CT molecular complexity index is 731. The van der Waals surface area contributed by atoms with Crippen molar-refractivity contribution in [3.05, 3.63) is 0 Å². The number of aliphatic hydroxyl groups is 2. The van der Waals surface area contributed by atoms with E-state index >= 15 is 0 Å². The molecule has 0 aromatic rings. The summed E-state index contributed by atoms with van der Waals surface area (Å²) in [5.74, 6) is -0.461. The second kappa shape index (κ2) is 40.1. The normalized spacial score (nSPS) is 13.3. The minimum Gasteiger partial charge on any atom is -0.462 e. The molecule has 0 aliphatic carbocycles. The SMILES string of the molecule is CCCCCCCCCCCCCCCCC(CC(=O)NC(CO)C(O)CCCCCCCCCCC)OC(=O)CCCCCCCCCCC. The van der Waals surface area contributed by atoms with Gasteiger partial charge in [-0.1, -0.05) is 213 Å². The monoisotopic (exact) mass is 724 g/mol. The summed E-state index contributed by atoms with van der Waals surface area (Å²) in [7, 11) is 0. The first kappa shape index (κ1) is 49.9. The van der Waals surface area contributed by atoms with Crippen LogP contribution in [0.3, 0.4) is 0 Å². The average Bonchev–Trinajstić information content (AvgIpc) is 3.12. The highest BCUT2D eigenvalue weighted by atomic mass is 16.5. The van der Waals surface area contributed by atoms with E-state index in [0.717, 1.165) is 44.9 Å². The molecule has 0 radical (unpaired) electrons. The van der Waals surface area contributed by atoms with Crippen LogP contribution in [-0.2, 0) is 14.3 Å². The van der Waals surface area contributed by atoms with Gasteiger partial charge in [0.05, 0.1) is 25.2 Å². The van der Waals surface area contributed by atoms with Crippen molar-refractivity contribution < 1.29 is 24.5 Å². The fourth-order valence-corrected chi connectivity index (χ4v) is 7.20. The van der Waals surface area contributed by atoms with Gasteiger partial charge in [-0.25, -0.2) is 0 Å². The molecular weight excluding hydrogens is 634 g/mol. The Morgan fingerprint density at radius 1 is 0.490 bits per heavy atom. The predicted octanol–water partition coefficient (Wildman–Crippen LogP) is 12.8. The average molecular weight is 724 g/mol. The molecule has 1 amide bonds. The van der Waals surface area contributed by atoms with Gasteiger partial charge < -0.3 is 20.3 Å². The van der Waals surface area contributed by atoms with Crippen molar-refractivity contribution in [3.8, 4) is 0 Å². The standard InChI is InChI=1S/C45H89NO5/c1-4-7-10-13-16-19-20-21-22-23-26-27-30-33-36-41(51-45(50)38-35-32-29-25-18-15-12-9-6-3)39-44(49)46-42(40-47)43(48)37-34-31-28-24-17-14-11-8-5-2/h41-43,47-48H,4-40H2,1-3H3,(H,46,49). The van der Waals surface area contributed by atoms with E-state index in [1.54, 1.807) is 0 Å². The number of rotatable bonds is 41. The Morgan fingerprint density at radius 3 is 1.20 bits per heavy atom. The molecule has 0 spiro atoms. The van der Waals surface area contributed by atoms with Crippen molar-refractivity contribution in [1.29, 1.82) is 0 Å². The summed E-state index contributed by atoms with van der Waals surface area (Å²) >= 11 is 0. The molecule has 0 saturated carbocycles. The van der Waals surface area contributed by atoms with Gasteiger partial charge in [0.25, 0.3) is 0 Å². The fraction of sp³-hybridized carbons (Fsp3) is 0.956. The number of hydrogen-bond donors (Lipinski definition) is 3. The molecule has 3 N–H and O–H groups in total. The number of carbonyl (C=O) groups is 2. The van der Waals surface area contributed by atoms with Crippen LogP contribution < -0.4 is 5.32 Å². The van der Waals surface area contributed by atoms with Crippen LogP contribution in [0.2, 0.25) is 0 Å². The van der Waals surface area contributed by atoms with Crippen LogP contribution in [0, 0.1) is 0 Å². The predicted molar refractivity (Wildman–Crippen MR) is 218 cm³/mol. The second-order valence-corrected chi connectivity index (χ2v) is 15.8. The van der Waals surface area contributed by atoms with E-state index in [0.29, 0.717) is 19.3 Å². The number of nitrogens with one attached hydrogen (secondary N) is 1. The van der Waals surface area contributed by atoms with Gasteiger partial charge in [-0.3, -0.25) is 9.59 Å². The lowest BCUT2D eigenvalue weighted by molar-refractivity contribution is -0.151. The summed E-state index contributed by atoms with van der Waals surface area (Å²) in [6.45, 7) is 6.45. The number of ether oxygens (including phenoxy) is 1. The minimum atomic E-state index is -0.776. The highest BCUT2D eigenvalue weighted by Crippen LogP contribution is 2.18. The Hall–Kier alpha value is -1.14. The fourth-order valence-electron chi connectivity index (χ4n) is 7.20. The van der Waals surface area contributed by atoms with Crippen molar-refractivity contribution in [2.24, 2.45) is 0 Å². The van der Waals surface area contributed by atoms with Crippen LogP contribution in [0.15, 0.2) is 0 Å². The molecule has 0 rings (SSSR count). The van der Waals surface area contributed by atoms with E-state index < -0.39 is 18.2 Å². The minimum absolute atomic E-state index is 0.0865. The van der Waals surface area contributed by atoms with Crippen molar-refractivity contribution in [1.82, 2.24) is 5.32 Å². The molecular formula is C45H89NO5. The Labute approximate surface area is 317 Å². The number of aliphatic hydroxyl groups excluding tert-OH is 2. The van der Waals surface area contributed by atoms with E-state index in [1.807, 2.05) is 0 Å². The summed E-state index contributed by atoms with van der Waals surface area (Å²) in [5.41, 5.74) is 0. The van der Waals surface area contributed by atoms with Crippen LogP contribution in [-0.4, -0.2) is 46.9 Å². The zero-order valence-corrected chi connectivity index (χ0v) is 34.5. The molecule has 0 bridgehead atoms. The van der Waals surface area contributed by atoms with E-state index in [2.05, 4.69) is 26.1 Å². The number of esters is 1. The lowest BCUT2D eigenvalue weighted by atomic mass is 10.0. The van der Waals surface area contributed by atoms with Crippen LogP contribution in [0.5, 0.6) is 0 Å². The zero-order chi connectivity index (χ0) is 37.5. The van der Waals surface area contributed by atoms with E-state index in [4.69, 9.17) is 4.74 Å². The highest BCUT2D eigenvalue weighted by molar-refractivity contribution is 5.77. The smallest absolute Gasteiger partial charge is 0.306 e. The van der Waals surface area contributed by atoms with Gasteiger partial charge in [-0.15, -0.1) is 0 Å². The quantitative estimate of drug-likeness (QED) is 0.0431. The summed E-state index contributed by atoms with van der Waals surface area (Å²) in [6.07, 6.45) is 40.2. The number of unbranched alkanes of at least 4 members (excludes halogenated alkanes) is 29. The molecule has 0 aliphatic heterocycles. The van der Waals surface area contributed by atoms with Gasteiger partial charge in [0, 0.05) is 6.42 Å². The third kappa shape index (κ3) is 35.6. The van der Waals surface area contributed by atoms with Gasteiger partial charge in [-0.2, -0.15) is 0 Å². The molecule has 6 heteroatoms. The molecule has 0 aromatic heterocycles. The number of amides is 1. The van der Waals surface area contributed by atoms with Gasteiger partial charge in [-0.05, 0) is 25.7 Å². The van der Waals surface area contributed by atoms with Crippen molar-refractivity contribution in [2.45, 2.75) is 270 Å². The van der Waals surface area contributed by atoms with Crippen LogP contribution >= 0.6 is 0 Å². The number of hydrogen-bond acceptors (Lipinski definition) is 5. The molecule has 0 aliphatic rings. The molecule has 6 nitrogen and oxygen atoms in total. The highest BCUT2D eigenvalue weighted by Gasteiger charge is 2.24. The molecule has 0 saturated heterocycles. The molecule has 51 heavy (non-hydrogen) atoms. The lowest BCUT2D eigenvalue weighted by Crippen LogP contribution is -2.46. The molecule has 0 aromatic carbocycles. The first-order chi connectivity index (χ1) is 25.0. The maximum absolute atomic E-state index is 13.1. The van der Waals surface area contributed by atoms with Crippen LogP contribution in [0.25, 0.3) is 0 Å². The topological polar surface area (TPSA) is 95.9 Å². The van der Waals surface area contributed by atoms with Crippen LogP contribution in [0.4, 0.5) is 0 Å². The molecule has 0 heterocycles. The summed E-state index contributed by atoms with van der Waals surface area (Å²) < 4.78 is 5.89. The first-order valence-electron chi connectivity index (χ1n) is 22.8. The summed E-state index contributed by atoms with van der Waals surface area (Å²) in [5, 5.41) is 23.6. The maximum atomic E-state index is 13.1. The summed E-state index contributed by atoms with van der Waals surface area (Å²) in [4.78, 5) is 25.9. The van der Waals surface area contributed by atoms with Crippen molar-refractivity contribution >= 4 is 11.9 Å².